The smallest absolute Gasteiger partial charge is 0.277 e. The Bertz CT molecular complexity index is 862. The van der Waals surface area contributed by atoms with Gasteiger partial charge >= 0.3 is 0 Å². The Hall–Kier alpha value is -3.12. The minimum Gasteiger partial charge on any atom is -0.483 e. The van der Waals surface area contributed by atoms with Crippen LogP contribution in [-0.4, -0.2) is 23.9 Å². The molecule has 0 radical (unpaired) electrons. The molecule has 1 aromatic heterocycles. The fourth-order valence-electron chi connectivity index (χ4n) is 2.05. The largest absolute Gasteiger partial charge is 0.483 e. The Kier molecular flexibility index (Phi) is 5.43. The quantitative estimate of drug-likeness (QED) is 0.542. The number of aromatic nitrogens is 1. The van der Waals surface area contributed by atoms with Crippen molar-refractivity contribution >= 4 is 23.7 Å². The number of carbonyl (C=O) groups is 1. The normalized spacial score (nSPS) is 10.8. The van der Waals surface area contributed by atoms with E-state index in [4.69, 9.17) is 20.9 Å². The molecule has 0 spiro atoms. The molecule has 0 aliphatic heterocycles. The molecule has 6 nitrogen and oxygen atoms in total. The number of rotatable bonds is 6. The highest BCUT2D eigenvalue weighted by Crippen LogP contribution is 2.29. The second-order valence-corrected chi connectivity index (χ2v) is 5.44. The van der Waals surface area contributed by atoms with Crippen molar-refractivity contribution in [3.63, 3.8) is 0 Å². The highest BCUT2D eigenvalue weighted by Gasteiger charge is 2.10. The summed E-state index contributed by atoms with van der Waals surface area (Å²) in [4.78, 5) is 11.9. The second-order valence-electron chi connectivity index (χ2n) is 5.01. The highest BCUT2D eigenvalue weighted by molar-refractivity contribution is 6.30. The number of carbonyl (C=O) groups excluding carboxylic acids is 1. The van der Waals surface area contributed by atoms with Crippen LogP contribution in [0.5, 0.6) is 5.75 Å². The van der Waals surface area contributed by atoms with Crippen molar-refractivity contribution in [1.82, 2.24) is 10.6 Å². The molecule has 1 amide bonds. The molecule has 3 aromatic rings. The summed E-state index contributed by atoms with van der Waals surface area (Å²) < 4.78 is 10.7. The Morgan fingerprint density at radius 1 is 1.20 bits per heavy atom. The minimum atomic E-state index is -0.377. The number of para-hydroxylation sites is 1. The van der Waals surface area contributed by atoms with Crippen LogP contribution in [0.1, 0.15) is 5.56 Å². The van der Waals surface area contributed by atoms with Crippen LogP contribution in [0.4, 0.5) is 0 Å². The summed E-state index contributed by atoms with van der Waals surface area (Å²) in [7, 11) is 0. The number of amides is 1. The first-order valence-corrected chi connectivity index (χ1v) is 7.80. The van der Waals surface area contributed by atoms with E-state index in [1.165, 1.54) is 6.21 Å². The topological polar surface area (TPSA) is 76.7 Å². The Labute approximate surface area is 149 Å². The van der Waals surface area contributed by atoms with Crippen LogP contribution in [0.3, 0.4) is 0 Å². The minimum absolute atomic E-state index is 0.177. The number of ether oxygens (including phenoxy) is 1. The zero-order valence-corrected chi connectivity index (χ0v) is 13.8. The number of nitrogens with zero attached hydrogens (tertiary/aromatic N) is 2. The first-order chi connectivity index (χ1) is 12.2. The first-order valence-electron chi connectivity index (χ1n) is 7.43. The summed E-state index contributed by atoms with van der Waals surface area (Å²) >= 11 is 5.80. The maximum absolute atomic E-state index is 11.9. The molecule has 0 aliphatic carbocycles. The van der Waals surface area contributed by atoms with Gasteiger partial charge in [-0.15, -0.1) is 0 Å². The lowest BCUT2D eigenvalue weighted by Crippen LogP contribution is -2.24. The molecule has 25 heavy (non-hydrogen) atoms. The van der Waals surface area contributed by atoms with E-state index in [1.54, 1.807) is 42.6 Å². The van der Waals surface area contributed by atoms with E-state index in [2.05, 4.69) is 15.7 Å². The number of nitrogens with one attached hydrogen (secondary N) is 1. The van der Waals surface area contributed by atoms with Crippen molar-refractivity contribution < 1.29 is 14.1 Å². The van der Waals surface area contributed by atoms with E-state index >= 15 is 0 Å². The predicted octanol–water partition coefficient (Wildman–Crippen LogP) is 3.52. The molecule has 0 aliphatic rings. The highest BCUT2D eigenvalue weighted by atomic mass is 35.5. The third kappa shape index (κ3) is 4.68. The SMILES string of the molecule is O=C(COc1ccccc1-c1ccno1)N/N=C/c1ccc(Cl)cc1. The molecule has 126 valence electrons. The van der Waals surface area contributed by atoms with Crippen molar-refractivity contribution in [3.8, 4) is 17.1 Å². The molecule has 0 unspecified atom stereocenters. The summed E-state index contributed by atoms with van der Waals surface area (Å²) in [5.74, 6) is 0.713. The summed E-state index contributed by atoms with van der Waals surface area (Å²) in [6.07, 6.45) is 3.07. The van der Waals surface area contributed by atoms with E-state index in [1.807, 2.05) is 18.2 Å². The number of halogens is 1. The van der Waals surface area contributed by atoms with Gasteiger partial charge in [0.25, 0.3) is 5.91 Å². The van der Waals surface area contributed by atoms with E-state index in [0.29, 0.717) is 16.5 Å². The van der Waals surface area contributed by atoms with Crippen molar-refractivity contribution in [1.29, 1.82) is 0 Å². The van der Waals surface area contributed by atoms with Gasteiger partial charge in [0.1, 0.15) is 5.75 Å². The fourth-order valence-corrected chi connectivity index (χ4v) is 2.18. The summed E-state index contributed by atoms with van der Waals surface area (Å²) in [6.45, 7) is -0.177. The molecule has 0 saturated carbocycles. The molecule has 3 rings (SSSR count). The first kappa shape index (κ1) is 16.7. The lowest BCUT2D eigenvalue weighted by Gasteiger charge is -2.08. The van der Waals surface area contributed by atoms with Gasteiger partial charge in [-0.2, -0.15) is 5.10 Å². The van der Waals surface area contributed by atoms with Crippen LogP contribution >= 0.6 is 11.6 Å². The van der Waals surface area contributed by atoms with Crippen LogP contribution in [0.15, 0.2) is 70.4 Å². The van der Waals surface area contributed by atoms with Crippen LogP contribution in [0.25, 0.3) is 11.3 Å². The molecular formula is C18H14ClN3O3. The third-order valence-corrected chi connectivity index (χ3v) is 3.47. The van der Waals surface area contributed by atoms with Gasteiger partial charge in [0, 0.05) is 11.1 Å². The molecule has 0 atom stereocenters. The number of hydrazone groups is 1. The van der Waals surface area contributed by atoms with Crippen molar-refractivity contribution in [2.75, 3.05) is 6.61 Å². The van der Waals surface area contributed by atoms with Crippen LogP contribution < -0.4 is 10.2 Å². The molecule has 0 fully saturated rings. The maximum Gasteiger partial charge on any atom is 0.277 e. The fraction of sp³-hybridized carbons (Fsp3) is 0.0556. The summed E-state index contributed by atoms with van der Waals surface area (Å²) in [5, 5.41) is 8.19. The van der Waals surface area contributed by atoms with Gasteiger partial charge in [0.05, 0.1) is 18.0 Å². The standard InChI is InChI=1S/C18H14ClN3O3/c19-14-7-5-13(6-8-14)11-20-22-18(23)12-24-16-4-2-1-3-15(16)17-9-10-21-25-17/h1-11H,12H2,(H,22,23)/b20-11+. The van der Waals surface area contributed by atoms with Gasteiger partial charge in [0.15, 0.2) is 12.4 Å². The Balaban J connectivity index is 1.55. The number of benzene rings is 2. The van der Waals surface area contributed by atoms with Crippen molar-refractivity contribution in [2.24, 2.45) is 5.10 Å². The second kappa shape index (κ2) is 8.12. The van der Waals surface area contributed by atoms with Crippen LogP contribution in [0.2, 0.25) is 5.02 Å². The summed E-state index contributed by atoms with van der Waals surface area (Å²) in [5.41, 5.74) is 3.95. The molecule has 7 heteroatoms. The average molecular weight is 356 g/mol. The van der Waals surface area contributed by atoms with Gasteiger partial charge in [-0.3, -0.25) is 4.79 Å². The van der Waals surface area contributed by atoms with Crippen LogP contribution in [-0.2, 0) is 4.79 Å². The molecule has 1 heterocycles. The van der Waals surface area contributed by atoms with E-state index in [0.717, 1.165) is 11.1 Å². The molecule has 2 aromatic carbocycles. The zero-order valence-electron chi connectivity index (χ0n) is 13.1. The zero-order chi connectivity index (χ0) is 17.5. The van der Waals surface area contributed by atoms with Gasteiger partial charge in [0.2, 0.25) is 0 Å². The monoisotopic (exact) mass is 355 g/mol. The summed E-state index contributed by atoms with van der Waals surface area (Å²) in [6, 6.07) is 16.0. The maximum atomic E-state index is 11.9. The van der Waals surface area contributed by atoms with E-state index in [-0.39, 0.29) is 12.5 Å². The lowest BCUT2D eigenvalue weighted by molar-refractivity contribution is -0.123. The van der Waals surface area contributed by atoms with Crippen molar-refractivity contribution in [3.05, 3.63) is 71.4 Å². The molecular weight excluding hydrogens is 342 g/mol. The third-order valence-electron chi connectivity index (χ3n) is 3.22. The van der Waals surface area contributed by atoms with Gasteiger partial charge in [-0.1, -0.05) is 41.0 Å². The van der Waals surface area contributed by atoms with Crippen molar-refractivity contribution in [2.45, 2.75) is 0 Å². The van der Waals surface area contributed by atoms with E-state index < -0.39 is 0 Å². The lowest BCUT2D eigenvalue weighted by atomic mass is 10.1. The average Bonchev–Trinajstić information content (AvgIpc) is 3.16. The number of hydrogen-bond donors (Lipinski definition) is 1. The molecule has 1 N–H and O–H groups in total. The van der Waals surface area contributed by atoms with E-state index in [9.17, 15) is 4.79 Å². The number of hydrogen-bond acceptors (Lipinski definition) is 5. The van der Waals surface area contributed by atoms with Gasteiger partial charge in [-0.05, 0) is 29.8 Å². The molecule has 0 bridgehead atoms. The Morgan fingerprint density at radius 3 is 2.76 bits per heavy atom. The predicted molar refractivity (Wildman–Crippen MR) is 94.6 cm³/mol. The Morgan fingerprint density at radius 2 is 2.00 bits per heavy atom. The van der Waals surface area contributed by atoms with Gasteiger partial charge < -0.3 is 9.26 Å². The van der Waals surface area contributed by atoms with Gasteiger partial charge in [-0.25, -0.2) is 5.43 Å². The molecule has 0 saturated heterocycles. The van der Waals surface area contributed by atoms with Crippen LogP contribution in [0, 0.1) is 0 Å².